The van der Waals surface area contributed by atoms with Gasteiger partial charge in [-0.05, 0) is 26.0 Å². The molecule has 0 aromatic heterocycles. The average molecular weight is 540 g/mol. The molecule has 1 aromatic rings. The molecule has 0 aliphatic carbocycles. The van der Waals surface area contributed by atoms with Gasteiger partial charge >= 0.3 is 0 Å². The second kappa shape index (κ2) is 13.1. The number of nitrogens with one attached hydrogen (secondary N) is 2. The summed E-state index contributed by atoms with van der Waals surface area (Å²) >= 11 is 0. The standard InChI is InChI=1S/C19H32N4O4S.HI/c1-4-20-19(21-8-9-23-10-12-28(24,25)13-11-23)22-15-16(2)27-18-7-5-6-17(14-18)26-3;/h5-7,14,16H,4,8-13,15H2,1-3H3,(H2,20,21,22);1H. The van der Waals surface area contributed by atoms with E-state index in [0.717, 1.165) is 30.5 Å². The van der Waals surface area contributed by atoms with Crippen LogP contribution < -0.4 is 20.1 Å². The summed E-state index contributed by atoms with van der Waals surface area (Å²) in [5.74, 6) is 2.74. The lowest BCUT2D eigenvalue weighted by atomic mass is 10.3. The number of nitrogens with zero attached hydrogens (tertiary/aromatic N) is 2. The lowest BCUT2D eigenvalue weighted by Crippen LogP contribution is -2.46. The SMILES string of the molecule is CCNC(=NCC(C)Oc1cccc(OC)c1)NCCN1CCS(=O)(=O)CC1.I. The molecule has 2 rings (SSSR count). The van der Waals surface area contributed by atoms with Gasteiger partial charge in [0.1, 0.15) is 17.6 Å². The van der Waals surface area contributed by atoms with Crippen molar-refractivity contribution in [1.29, 1.82) is 0 Å². The first-order valence-electron chi connectivity index (χ1n) is 9.67. The van der Waals surface area contributed by atoms with Crippen molar-refractivity contribution in [2.75, 3.05) is 57.9 Å². The van der Waals surface area contributed by atoms with Crippen LogP contribution in [0.4, 0.5) is 0 Å². The van der Waals surface area contributed by atoms with Crippen LogP contribution in [0.25, 0.3) is 0 Å². The Morgan fingerprint density at radius 1 is 1.24 bits per heavy atom. The summed E-state index contributed by atoms with van der Waals surface area (Å²) in [6.07, 6.45) is -0.0881. The Labute approximate surface area is 191 Å². The first-order chi connectivity index (χ1) is 13.4. The third-order valence-electron chi connectivity index (χ3n) is 4.39. The Bertz CT molecular complexity index is 731. The number of sulfone groups is 1. The van der Waals surface area contributed by atoms with Crippen LogP contribution in [-0.4, -0.2) is 83.3 Å². The van der Waals surface area contributed by atoms with Gasteiger partial charge in [0.2, 0.25) is 0 Å². The predicted molar refractivity (Wildman–Crippen MR) is 128 cm³/mol. The smallest absolute Gasteiger partial charge is 0.191 e. The van der Waals surface area contributed by atoms with E-state index in [4.69, 9.17) is 9.47 Å². The maximum Gasteiger partial charge on any atom is 0.191 e. The number of halogens is 1. The fraction of sp³-hybridized carbons (Fsp3) is 0.632. The van der Waals surface area contributed by atoms with Crippen LogP contribution in [-0.2, 0) is 9.84 Å². The van der Waals surface area contributed by atoms with Crippen LogP contribution in [0.5, 0.6) is 11.5 Å². The van der Waals surface area contributed by atoms with Gasteiger partial charge in [-0.15, -0.1) is 24.0 Å². The third kappa shape index (κ3) is 9.85. The molecule has 10 heteroatoms. The van der Waals surface area contributed by atoms with Gasteiger partial charge in [-0.3, -0.25) is 4.90 Å². The zero-order valence-corrected chi connectivity index (χ0v) is 20.5. The number of benzene rings is 1. The van der Waals surface area contributed by atoms with Crippen molar-refractivity contribution >= 4 is 39.8 Å². The van der Waals surface area contributed by atoms with Crippen LogP contribution in [0, 0.1) is 0 Å². The molecule has 0 spiro atoms. The van der Waals surface area contributed by atoms with Gasteiger partial charge in [0.05, 0.1) is 25.2 Å². The molecule has 1 fully saturated rings. The molecular weight excluding hydrogens is 507 g/mol. The highest BCUT2D eigenvalue weighted by molar-refractivity contribution is 14.0. The van der Waals surface area contributed by atoms with E-state index in [9.17, 15) is 8.42 Å². The molecule has 1 aromatic carbocycles. The summed E-state index contributed by atoms with van der Waals surface area (Å²) in [5.41, 5.74) is 0. The molecule has 0 saturated carbocycles. The van der Waals surface area contributed by atoms with E-state index in [1.807, 2.05) is 38.1 Å². The highest BCUT2D eigenvalue weighted by atomic mass is 127. The zero-order chi connectivity index (χ0) is 20.4. The van der Waals surface area contributed by atoms with Crippen molar-refractivity contribution in [2.45, 2.75) is 20.0 Å². The van der Waals surface area contributed by atoms with E-state index < -0.39 is 9.84 Å². The summed E-state index contributed by atoms with van der Waals surface area (Å²) in [4.78, 5) is 6.74. The monoisotopic (exact) mass is 540 g/mol. The first kappa shape index (κ1) is 25.8. The maximum absolute atomic E-state index is 11.5. The third-order valence-corrected chi connectivity index (χ3v) is 6.00. The molecule has 8 nitrogen and oxygen atoms in total. The zero-order valence-electron chi connectivity index (χ0n) is 17.4. The minimum Gasteiger partial charge on any atom is -0.497 e. The first-order valence-corrected chi connectivity index (χ1v) is 11.5. The molecular formula is C19H33IN4O4S. The van der Waals surface area contributed by atoms with Crippen molar-refractivity contribution in [2.24, 2.45) is 4.99 Å². The lowest BCUT2D eigenvalue weighted by molar-refractivity contribution is 0.229. The quantitative estimate of drug-likeness (QED) is 0.278. The number of hydrogen-bond acceptors (Lipinski definition) is 6. The Morgan fingerprint density at radius 3 is 2.59 bits per heavy atom. The molecule has 2 N–H and O–H groups in total. The number of hydrogen-bond donors (Lipinski definition) is 2. The van der Waals surface area contributed by atoms with Gasteiger partial charge in [0.15, 0.2) is 15.8 Å². The summed E-state index contributed by atoms with van der Waals surface area (Å²) in [6.45, 7) is 7.95. The number of rotatable bonds is 9. The Hall–Kier alpha value is -1.27. The minimum absolute atomic E-state index is 0. The van der Waals surface area contributed by atoms with Crippen LogP contribution in [0.3, 0.4) is 0 Å². The average Bonchev–Trinajstić information content (AvgIpc) is 2.67. The van der Waals surface area contributed by atoms with Crippen molar-refractivity contribution in [3.05, 3.63) is 24.3 Å². The van der Waals surface area contributed by atoms with Crippen molar-refractivity contribution in [3.63, 3.8) is 0 Å². The summed E-state index contributed by atoms with van der Waals surface area (Å²) in [7, 11) is -1.21. The Morgan fingerprint density at radius 2 is 1.93 bits per heavy atom. The number of methoxy groups -OCH3 is 1. The van der Waals surface area contributed by atoms with Crippen LogP contribution >= 0.6 is 24.0 Å². The number of guanidine groups is 1. The van der Waals surface area contributed by atoms with Crippen molar-refractivity contribution in [3.8, 4) is 11.5 Å². The van der Waals surface area contributed by atoms with E-state index in [-0.39, 0.29) is 41.6 Å². The van der Waals surface area contributed by atoms with Gasteiger partial charge in [0.25, 0.3) is 0 Å². The van der Waals surface area contributed by atoms with Crippen LogP contribution in [0.2, 0.25) is 0 Å². The Kier molecular flexibility index (Phi) is 11.7. The summed E-state index contributed by atoms with van der Waals surface area (Å²) in [6, 6.07) is 7.51. The highest BCUT2D eigenvalue weighted by Crippen LogP contribution is 2.19. The number of aliphatic imine (C=N–C) groups is 1. The molecule has 166 valence electrons. The molecule has 1 aliphatic heterocycles. The van der Waals surface area contributed by atoms with Gasteiger partial charge < -0.3 is 20.1 Å². The molecule has 0 amide bonds. The fourth-order valence-electron chi connectivity index (χ4n) is 2.81. The van der Waals surface area contributed by atoms with E-state index in [0.29, 0.717) is 26.2 Å². The lowest BCUT2D eigenvalue weighted by Gasteiger charge is -2.26. The van der Waals surface area contributed by atoms with E-state index >= 15 is 0 Å². The normalized spacial score (nSPS) is 17.7. The predicted octanol–water partition coefficient (Wildman–Crippen LogP) is 1.37. The van der Waals surface area contributed by atoms with Crippen molar-refractivity contribution < 1.29 is 17.9 Å². The summed E-state index contributed by atoms with van der Waals surface area (Å²) in [5, 5.41) is 6.52. The fourth-order valence-corrected chi connectivity index (χ4v) is 4.09. The van der Waals surface area contributed by atoms with Gasteiger partial charge in [-0.1, -0.05) is 6.07 Å². The second-order valence-corrected chi connectivity index (χ2v) is 9.05. The van der Waals surface area contributed by atoms with E-state index in [2.05, 4.69) is 20.5 Å². The Balaban J connectivity index is 0.00000420. The second-order valence-electron chi connectivity index (χ2n) is 6.75. The molecule has 1 saturated heterocycles. The summed E-state index contributed by atoms with van der Waals surface area (Å²) < 4.78 is 34.1. The highest BCUT2D eigenvalue weighted by Gasteiger charge is 2.20. The molecule has 1 aliphatic rings. The molecule has 1 atom stereocenters. The van der Waals surface area contributed by atoms with E-state index in [1.54, 1.807) is 7.11 Å². The van der Waals surface area contributed by atoms with Gasteiger partial charge in [-0.2, -0.15) is 0 Å². The van der Waals surface area contributed by atoms with Gasteiger partial charge in [0, 0.05) is 38.8 Å². The molecule has 0 radical (unpaired) electrons. The van der Waals surface area contributed by atoms with E-state index in [1.165, 1.54) is 0 Å². The minimum atomic E-state index is -2.83. The molecule has 0 bridgehead atoms. The topological polar surface area (TPSA) is 92.3 Å². The molecule has 29 heavy (non-hydrogen) atoms. The maximum atomic E-state index is 11.5. The van der Waals surface area contributed by atoms with Crippen LogP contribution in [0.15, 0.2) is 29.3 Å². The van der Waals surface area contributed by atoms with Crippen molar-refractivity contribution in [1.82, 2.24) is 15.5 Å². The molecule has 1 unspecified atom stereocenters. The largest absolute Gasteiger partial charge is 0.497 e. The molecule has 1 heterocycles. The van der Waals surface area contributed by atoms with Gasteiger partial charge in [-0.25, -0.2) is 13.4 Å². The van der Waals surface area contributed by atoms with Crippen LogP contribution in [0.1, 0.15) is 13.8 Å². The number of ether oxygens (including phenoxy) is 2.